The normalized spacial score (nSPS) is 10.8. The number of thiazole rings is 1. The highest BCUT2D eigenvalue weighted by atomic mass is 35.5. The van der Waals surface area contributed by atoms with E-state index in [1.807, 2.05) is 24.6 Å². The Labute approximate surface area is 115 Å². The van der Waals surface area contributed by atoms with Gasteiger partial charge in [-0.3, -0.25) is 0 Å². The third-order valence-corrected chi connectivity index (χ3v) is 4.27. The molecule has 0 aliphatic heterocycles. The minimum Gasteiger partial charge on any atom is -0.308 e. The van der Waals surface area contributed by atoms with Crippen molar-refractivity contribution in [1.29, 1.82) is 0 Å². The molecule has 1 aromatic carbocycles. The molecule has 0 spiro atoms. The van der Waals surface area contributed by atoms with Crippen LogP contribution < -0.4 is 5.32 Å². The van der Waals surface area contributed by atoms with Crippen molar-refractivity contribution in [3.05, 3.63) is 49.9 Å². The zero-order valence-electron chi connectivity index (χ0n) is 9.34. The number of hydrogen-bond acceptors (Lipinski definition) is 3. The predicted molar refractivity (Wildman–Crippen MR) is 73.9 cm³/mol. The van der Waals surface area contributed by atoms with E-state index in [-0.39, 0.29) is 0 Å². The SMILES string of the molecule is Cc1ncsc1CNCc1cccc(Cl)c1Cl. The van der Waals surface area contributed by atoms with E-state index in [9.17, 15) is 0 Å². The van der Waals surface area contributed by atoms with Gasteiger partial charge in [0.15, 0.2) is 0 Å². The van der Waals surface area contributed by atoms with Gasteiger partial charge in [0.1, 0.15) is 0 Å². The fourth-order valence-electron chi connectivity index (χ4n) is 1.49. The third kappa shape index (κ3) is 3.19. The van der Waals surface area contributed by atoms with Crippen molar-refractivity contribution in [3.8, 4) is 0 Å². The van der Waals surface area contributed by atoms with Crippen molar-refractivity contribution in [3.63, 3.8) is 0 Å². The van der Waals surface area contributed by atoms with Crippen molar-refractivity contribution >= 4 is 34.5 Å². The average molecular weight is 287 g/mol. The van der Waals surface area contributed by atoms with Gasteiger partial charge in [-0.25, -0.2) is 4.98 Å². The average Bonchev–Trinajstić information content (AvgIpc) is 2.71. The van der Waals surface area contributed by atoms with Gasteiger partial charge in [0.25, 0.3) is 0 Å². The molecule has 2 rings (SSSR count). The Morgan fingerprint density at radius 3 is 2.82 bits per heavy atom. The van der Waals surface area contributed by atoms with Gasteiger partial charge in [-0.05, 0) is 18.6 Å². The third-order valence-electron chi connectivity index (χ3n) is 2.48. The number of hydrogen-bond donors (Lipinski definition) is 1. The Hall–Kier alpha value is -0.610. The summed E-state index contributed by atoms with van der Waals surface area (Å²) in [4.78, 5) is 5.46. The van der Waals surface area contributed by atoms with E-state index >= 15 is 0 Å². The van der Waals surface area contributed by atoms with Crippen LogP contribution in [-0.2, 0) is 13.1 Å². The van der Waals surface area contributed by atoms with E-state index in [0.29, 0.717) is 16.6 Å². The van der Waals surface area contributed by atoms with Crippen molar-refractivity contribution in [1.82, 2.24) is 10.3 Å². The van der Waals surface area contributed by atoms with Crippen LogP contribution in [0.1, 0.15) is 16.1 Å². The first-order chi connectivity index (χ1) is 8.18. The summed E-state index contributed by atoms with van der Waals surface area (Å²) in [5.41, 5.74) is 3.96. The number of nitrogens with zero attached hydrogens (tertiary/aromatic N) is 1. The van der Waals surface area contributed by atoms with Gasteiger partial charge in [0.05, 0.1) is 21.2 Å². The maximum Gasteiger partial charge on any atom is 0.0798 e. The molecule has 90 valence electrons. The summed E-state index contributed by atoms with van der Waals surface area (Å²) in [7, 11) is 0. The molecule has 0 saturated carbocycles. The molecule has 1 heterocycles. The predicted octanol–water partition coefficient (Wildman–Crippen LogP) is 4.05. The molecule has 1 N–H and O–H groups in total. The van der Waals surface area contributed by atoms with Crippen LogP contribution in [0, 0.1) is 6.92 Å². The second-order valence-electron chi connectivity index (χ2n) is 3.68. The van der Waals surface area contributed by atoms with E-state index < -0.39 is 0 Å². The highest BCUT2D eigenvalue weighted by molar-refractivity contribution is 7.09. The van der Waals surface area contributed by atoms with Crippen LogP contribution >= 0.6 is 34.5 Å². The van der Waals surface area contributed by atoms with Gasteiger partial charge in [0, 0.05) is 18.0 Å². The second kappa shape index (κ2) is 5.83. The van der Waals surface area contributed by atoms with Gasteiger partial charge in [-0.15, -0.1) is 11.3 Å². The van der Waals surface area contributed by atoms with Gasteiger partial charge in [-0.2, -0.15) is 0 Å². The first-order valence-electron chi connectivity index (χ1n) is 5.21. The summed E-state index contributed by atoms with van der Waals surface area (Å²) in [6, 6.07) is 5.67. The second-order valence-corrected chi connectivity index (χ2v) is 5.40. The number of aryl methyl sites for hydroxylation is 1. The zero-order valence-corrected chi connectivity index (χ0v) is 11.7. The highest BCUT2D eigenvalue weighted by Crippen LogP contribution is 2.25. The summed E-state index contributed by atoms with van der Waals surface area (Å²) in [5, 5.41) is 4.56. The summed E-state index contributed by atoms with van der Waals surface area (Å²) < 4.78 is 0. The minimum absolute atomic E-state index is 0.597. The Morgan fingerprint density at radius 2 is 2.12 bits per heavy atom. The van der Waals surface area contributed by atoms with E-state index in [4.69, 9.17) is 23.2 Å². The zero-order chi connectivity index (χ0) is 12.3. The van der Waals surface area contributed by atoms with Gasteiger partial charge >= 0.3 is 0 Å². The number of rotatable bonds is 4. The van der Waals surface area contributed by atoms with Crippen LogP contribution in [0.2, 0.25) is 10.0 Å². The van der Waals surface area contributed by atoms with E-state index in [2.05, 4.69) is 10.3 Å². The summed E-state index contributed by atoms with van der Waals surface area (Å²) in [6.45, 7) is 3.52. The maximum atomic E-state index is 6.10. The lowest BCUT2D eigenvalue weighted by molar-refractivity contribution is 0.697. The van der Waals surface area contributed by atoms with Crippen molar-refractivity contribution < 1.29 is 0 Å². The van der Waals surface area contributed by atoms with Gasteiger partial charge in [0.2, 0.25) is 0 Å². The molecule has 0 aliphatic carbocycles. The summed E-state index contributed by atoms with van der Waals surface area (Å²) in [6.07, 6.45) is 0. The largest absolute Gasteiger partial charge is 0.308 e. The Morgan fingerprint density at radius 1 is 1.29 bits per heavy atom. The Bertz CT molecular complexity index is 511. The monoisotopic (exact) mass is 286 g/mol. The molecule has 0 saturated heterocycles. The molecule has 0 amide bonds. The van der Waals surface area contributed by atoms with Crippen LogP contribution in [0.15, 0.2) is 23.7 Å². The molecule has 0 aliphatic rings. The van der Waals surface area contributed by atoms with Crippen LogP contribution in [0.3, 0.4) is 0 Å². The van der Waals surface area contributed by atoms with Crippen LogP contribution in [0.4, 0.5) is 0 Å². The maximum absolute atomic E-state index is 6.10. The van der Waals surface area contributed by atoms with Crippen molar-refractivity contribution in [2.75, 3.05) is 0 Å². The molecule has 0 fully saturated rings. The molecular weight excluding hydrogens is 275 g/mol. The smallest absolute Gasteiger partial charge is 0.0798 e. The molecule has 17 heavy (non-hydrogen) atoms. The fraction of sp³-hybridized carbons (Fsp3) is 0.250. The molecular formula is C12H12Cl2N2S. The summed E-state index contributed by atoms with van der Waals surface area (Å²) in [5.74, 6) is 0. The van der Waals surface area contributed by atoms with Gasteiger partial charge < -0.3 is 5.32 Å². The van der Waals surface area contributed by atoms with Crippen LogP contribution in [0.25, 0.3) is 0 Å². The van der Waals surface area contributed by atoms with Crippen LogP contribution in [-0.4, -0.2) is 4.98 Å². The van der Waals surface area contributed by atoms with E-state index in [0.717, 1.165) is 17.8 Å². The number of benzene rings is 1. The lowest BCUT2D eigenvalue weighted by Gasteiger charge is -2.07. The highest BCUT2D eigenvalue weighted by Gasteiger charge is 2.05. The molecule has 2 aromatic rings. The molecule has 2 nitrogen and oxygen atoms in total. The standard InChI is InChI=1S/C12H12Cl2N2S/c1-8-11(17-7-16-8)6-15-5-9-3-2-4-10(13)12(9)14/h2-4,7,15H,5-6H2,1H3. The molecule has 0 bridgehead atoms. The minimum atomic E-state index is 0.597. The lowest BCUT2D eigenvalue weighted by Crippen LogP contribution is -2.12. The molecule has 5 heteroatoms. The quantitative estimate of drug-likeness (QED) is 0.917. The van der Waals surface area contributed by atoms with Gasteiger partial charge in [-0.1, -0.05) is 35.3 Å². The topological polar surface area (TPSA) is 24.9 Å². The number of nitrogens with one attached hydrogen (secondary N) is 1. The lowest BCUT2D eigenvalue weighted by atomic mass is 10.2. The molecule has 1 aromatic heterocycles. The Kier molecular flexibility index (Phi) is 4.40. The molecule has 0 atom stereocenters. The summed E-state index contributed by atoms with van der Waals surface area (Å²) >= 11 is 13.7. The van der Waals surface area contributed by atoms with Crippen LogP contribution in [0.5, 0.6) is 0 Å². The number of halogens is 2. The molecule has 0 radical (unpaired) electrons. The Balaban J connectivity index is 1.95. The van der Waals surface area contributed by atoms with E-state index in [1.54, 1.807) is 17.4 Å². The number of aromatic nitrogens is 1. The van der Waals surface area contributed by atoms with E-state index in [1.165, 1.54) is 4.88 Å². The molecule has 0 unspecified atom stereocenters. The first kappa shape index (κ1) is 12.8. The first-order valence-corrected chi connectivity index (χ1v) is 6.84. The fourth-order valence-corrected chi connectivity index (χ4v) is 2.63. The van der Waals surface area contributed by atoms with Crippen molar-refractivity contribution in [2.24, 2.45) is 0 Å². The van der Waals surface area contributed by atoms with Crippen molar-refractivity contribution in [2.45, 2.75) is 20.0 Å².